The minimum absolute atomic E-state index is 0.294. The van der Waals surface area contributed by atoms with Crippen molar-refractivity contribution in [3.63, 3.8) is 0 Å². The fourth-order valence-corrected chi connectivity index (χ4v) is 5.10. The molecule has 7 heteroatoms. The highest BCUT2D eigenvalue weighted by Crippen LogP contribution is 2.39. The number of aromatic nitrogens is 2. The molecular weight excluding hydrogens is 396 g/mol. The Hall–Kier alpha value is -2.82. The first-order valence-electron chi connectivity index (χ1n) is 10.2. The lowest BCUT2D eigenvalue weighted by atomic mass is 9.90. The number of fused-ring (bicyclic) bond motifs is 1. The van der Waals surface area contributed by atoms with Crippen LogP contribution in [0.4, 0.5) is 5.69 Å². The molecule has 0 spiro atoms. The van der Waals surface area contributed by atoms with E-state index in [0.717, 1.165) is 15.2 Å². The molecule has 1 aliphatic rings. The molecule has 4 rings (SSSR count). The number of nitriles is 1. The van der Waals surface area contributed by atoms with E-state index < -0.39 is 5.60 Å². The number of carbonyl (C=O) groups is 1. The number of hydrogen-bond donors (Lipinski definition) is 2. The molecule has 1 fully saturated rings. The van der Waals surface area contributed by atoms with Gasteiger partial charge in [-0.15, -0.1) is 11.3 Å². The zero-order valence-corrected chi connectivity index (χ0v) is 17.9. The molecule has 0 aliphatic heterocycles. The number of anilines is 1. The topological polar surface area (TPSA) is 98.9 Å². The molecule has 30 heavy (non-hydrogen) atoms. The number of amides is 1. The van der Waals surface area contributed by atoms with Gasteiger partial charge in [0.05, 0.1) is 32.0 Å². The lowest BCUT2D eigenvalue weighted by Gasteiger charge is -2.22. The maximum atomic E-state index is 12.8. The van der Waals surface area contributed by atoms with E-state index >= 15 is 0 Å². The van der Waals surface area contributed by atoms with Gasteiger partial charge in [0.1, 0.15) is 6.07 Å². The average molecular weight is 421 g/mol. The molecule has 1 saturated carbocycles. The number of aliphatic hydroxyl groups is 1. The molecule has 1 aliphatic carbocycles. The van der Waals surface area contributed by atoms with Gasteiger partial charge in [-0.05, 0) is 44.9 Å². The lowest BCUT2D eigenvalue weighted by Crippen LogP contribution is -2.21. The van der Waals surface area contributed by atoms with Crippen molar-refractivity contribution in [2.45, 2.75) is 57.5 Å². The van der Waals surface area contributed by atoms with Gasteiger partial charge in [-0.25, -0.2) is 4.98 Å². The Labute approximate surface area is 179 Å². The number of nitrogens with one attached hydrogen (secondary N) is 1. The van der Waals surface area contributed by atoms with Crippen molar-refractivity contribution in [2.75, 3.05) is 5.32 Å². The van der Waals surface area contributed by atoms with Gasteiger partial charge in [0.15, 0.2) is 0 Å². The van der Waals surface area contributed by atoms with Crippen LogP contribution in [0.1, 0.15) is 78.4 Å². The van der Waals surface area contributed by atoms with Crippen LogP contribution in [-0.2, 0) is 5.60 Å². The Morgan fingerprint density at radius 2 is 2.00 bits per heavy atom. The summed E-state index contributed by atoms with van der Waals surface area (Å²) in [6.45, 7) is 3.38. The Morgan fingerprint density at radius 1 is 1.23 bits per heavy atom. The largest absolute Gasteiger partial charge is 0.386 e. The van der Waals surface area contributed by atoms with Crippen LogP contribution in [0, 0.1) is 11.3 Å². The van der Waals surface area contributed by atoms with Crippen LogP contribution in [0.25, 0.3) is 10.2 Å². The first kappa shape index (κ1) is 20.5. The first-order valence-corrected chi connectivity index (χ1v) is 11.0. The average Bonchev–Trinajstić information content (AvgIpc) is 3.16. The van der Waals surface area contributed by atoms with Crippen LogP contribution < -0.4 is 5.32 Å². The number of pyridine rings is 1. The van der Waals surface area contributed by atoms with Gasteiger partial charge < -0.3 is 10.4 Å². The summed E-state index contributed by atoms with van der Waals surface area (Å²) in [5.41, 5.74) is 1.46. The van der Waals surface area contributed by atoms with E-state index in [1.807, 2.05) is 18.2 Å². The third-order valence-corrected chi connectivity index (χ3v) is 6.72. The number of hydrogen-bond acceptors (Lipinski definition) is 6. The summed E-state index contributed by atoms with van der Waals surface area (Å²) in [7, 11) is 0. The van der Waals surface area contributed by atoms with Gasteiger partial charge in [0, 0.05) is 29.6 Å². The van der Waals surface area contributed by atoms with Crippen molar-refractivity contribution in [3.8, 4) is 6.07 Å². The quantitative estimate of drug-likeness (QED) is 0.612. The molecule has 0 radical (unpaired) electrons. The number of thiazole rings is 1. The van der Waals surface area contributed by atoms with Crippen molar-refractivity contribution in [1.82, 2.24) is 9.97 Å². The van der Waals surface area contributed by atoms with E-state index in [1.165, 1.54) is 50.6 Å². The zero-order chi connectivity index (χ0) is 21.3. The van der Waals surface area contributed by atoms with Gasteiger partial charge in [-0.1, -0.05) is 19.3 Å². The Kier molecular flexibility index (Phi) is 5.54. The predicted molar refractivity (Wildman–Crippen MR) is 118 cm³/mol. The first-order chi connectivity index (χ1) is 14.3. The minimum atomic E-state index is -1.15. The van der Waals surface area contributed by atoms with Gasteiger partial charge in [-0.3, -0.25) is 9.78 Å². The molecule has 154 valence electrons. The fourth-order valence-electron chi connectivity index (χ4n) is 3.95. The molecule has 1 amide bonds. The highest BCUT2D eigenvalue weighted by Gasteiger charge is 2.25. The van der Waals surface area contributed by atoms with Crippen molar-refractivity contribution >= 4 is 33.1 Å². The van der Waals surface area contributed by atoms with Crippen LogP contribution in [0.3, 0.4) is 0 Å². The summed E-state index contributed by atoms with van der Waals surface area (Å²) in [6, 6.07) is 7.26. The van der Waals surface area contributed by atoms with Crippen molar-refractivity contribution in [3.05, 3.63) is 52.3 Å². The van der Waals surface area contributed by atoms with Crippen molar-refractivity contribution in [2.24, 2.45) is 0 Å². The van der Waals surface area contributed by atoms with E-state index in [4.69, 9.17) is 10.2 Å². The van der Waals surface area contributed by atoms with Crippen LogP contribution in [0.15, 0.2) is 30.6 Å². The number of carbonyl (C=O) groups excluding carboxylic acids is 1. The maximum Gasteiger partial charge on any atom is 0.257 e. The van der Waals surface area contributed by atoms with E-state index in [0.29, 0.717) is 28.3 Å². The standard InChI is InChI=1S/C23H24N4O2S/c1-23(2,29)17-9-19-20(30-22(27-19)15-6-4-3-5-7-15)10-18(17)26-21(28)16-8-14(11-24)12-25-13-16/h8-10,12-13,15,29H,3-7H2,1-2H3,(H,26,28). The molecule has 0 unspecified atom stereocenters. The summed E-state index contributed by atoms with van der Waals surface area (Å²) in [5.74, 6) is 0.126. The van der Waals surface area contributed by atoms with Gasteiger partial charge >= 0.3 is 0 Å². The number of rotatable bonds is 4. The fraction of sp³-hybridized carbons (Fsp3) is 0.391. The molecule has 1 aromatic carbocycles. The Bertz CT molecular complexity index is 1130. The van der Waals surface area contributed by atoms with E-state index in [-0.39, 0.29) is 5.91 Å². The van der Waals surface area contributed by atoms with Crippen LogP contribution in [-0.4, -0.2) is 21.0 Å². The zero-order valence-electron chi connectivity index (χ0n) is 17.1. The van der Waals surface area contributed by atoms with Gasteiger partial charge in [-0.2, -0.15) is 5.26 Å². The second-order valence-corrected chi connectivity index (χ2v) is 9.40. The molecule has 6 nitrogen and oxygen atoms in total. The second kappa shape index (κ2) is 8.13. The molecule has 3 aromatic rings. The van der Waals surface area contributed by atoms with Gasteiger partial charge in [0.25, 0.3) is 5.91 Å². The van der Waals surface area contributed by atoms with Gasteiger partial charge in [0.2, 0.25) is 0 Å². The summed E-state index contributed by atoms with van der Waals surface area (Å²) >= 11 is 1.67. The molecule has 2 aromatic heterocycles. The van der Waals surface area contributed by atoms with Crippen LogP contribution in [0.5, 0.6) is 0 Å². The van der Waals surface area contributed by atoms with Crippen LogP contribution in [0.2, 0.25) is 0 Å². The van der Waals surface area contributed by atoms with Crippen LogP contribution >= 0.6 is 11.3 Å². The molecule has 0 atom stereocenters. The second-order valence-electron chi connectivity index (χ2n) is 8.34. The molecule has 0 bridgehead atoms. The monoisotopic (exact) mass is 420 g/mol. The maximum absolute atomic E-state index is 12.8. The molecule has 2 N–H and O–H groups in total. The highest BCUT2D eigenvalue weighted by atomic mass is 32.1. The number of benzene rings is 1. The summed E-state index contributed by atoms with van der Waals surface area (Å²) in [5, 5.41) is 23.8. The van der Waals surface area contributed by atoms with Crippen molar-refractivity contribution < 1.29 is 9.90 Å². The van der Waals surface area contributed by atoms with Crippen molar-refractivity contribution in [1.29, 1.82) is 5.26 Å². The normalized spacial score (nSPS) is 15.1. The lowest BCUT2D eigenvalue weighted by molar-refractivity contribution is 0.0794. The molecule has 2 heterocycles. The summed E-state index contributed by atoms with van der Waals surface area (Å²) in [6.07, 6.45) is 8.96. The summed E-state index contributed by atoms with van der Waals surface area (Å²) < 4.78 is 0.989. The molecule has 0 saturated heterocycles. The third kappa shape index (κ3) is 4.20. The number of nitrogens with zero attached hydrogens (tertiary/aromatic N) is 3. The smallest absolute Gasteiger partial charge is 0.257 e. The van der Waals surface area contributed by atoms with E-state index in [9.17, 15) is 9.90 Å². The Morgan fingerprint density at radius 3 is 2.70 bits per heavy atom. The van der Waals surface area contributed by atoms with E-state index in [2.05, 4.69) is 10.3 Å². The SMILES string of the molecule is CC(C)(O)c1cc2nc(C3CCCCC3)sc2cc1NC(=O)c1cncc(C#N)c1. The van der Waals surface area contributed by atoms with E-state index in [1.54, 1.807) is 25.2 Å². The predicted octanol–water partition coefficient (Wildman–Crippen LogP) is 5.09. The molecular formula is C23H24N4O2S. The Balaban J connectivity index is 1.71. The minimum Gasteiger partial charge on any atom is -0.386 e. The highest BCUT2D eigenvalue weighted by molar-refractivity contribution is 7.18. The summed E-state index contributed by atoms with van der Waals surface area (Å²) in [4.78, 5) is 21.6. The third-order valence-electron chi connectivity index (χ3n) is 5.54.